The normalized spacial score (nSPS) is 10.3. The van der Waals surface area contributed by atoms with Crippen LogP contribution in [0.1, 0.15) is 10.4 Å². The molecule has 0 saturated carbocycles. The fraction of sp³-hybridized carbons (Fsp3) is 0. The largest absolute Gasteiger partial charge is 0.394 e. The van der Waals surface area contributed by atoms with Gasteiger partial charge < -0.3 is 11.1 Å². The van der Waals surface area contributed by atoms with Crippen LogP contribution in [0.2, 0.25) is 0 Å². The smallest absolute Gasteiger partial charge is 0.255 e. The minimum absolute atomic E-state index is 0.183. The summed E-state index contributed by atoms with van der Waals surface area (Å²) in [6, 6.07) is 6.76. The van der Waals surface area contributed by atoms with Gasteiger partial charge in [0.1, 0.15) is 23.1 Å². The van der Waals surface area contributed by atoms with Gasteiger partial charge in [0.2, 0.25) is 0 Å². The molecule has 0 spiro atoms. The van der Waals surface area contributed by atoms with Crippen molar-refractivity contribution in [1.82, 2.24) is 0 Å². The number of rotatable bonds is 2. The van der Waals surface area contributed by atoms with Crippen molar-refractivity contribution >= 4 is 17.3 Å². The van der Waals surface area contributed by atoms with Crippen LogP contribution in [0.5, 0.6) is 0 Å². The van der Waals surface area contributed by atoms with E-state index in [9.17, 15) is 18.0 Å². The number of nitrogen functional groups attached to an aromatic ring is 1. The molecular formula is C13H9F3N2O. The number of benzene rings is 2. The van der Waals surface area contributed by atoms with E-state index < -0.39 is 29.0 Å². The van der Waals surface area contributed by atoms with Gasteiger partial charge in [0.25, 0.3) is 5.91 Å². The molecule has 3 N–H and O–H groups in total. The van der Waals surface area contributed by atoms with E-state index in [-0.39, 0.29) is 11.3 Å². The lowest BCUT2D eigenvalue weighted by Gasteiger charge is -2.07. The molecule has 0 saturated heterocycles. The molecule has 0 aliphatic carbocycles. The lowest BCUT2D eigenvalue weighted by atomic mass is 10.1. The number of hydrogen-bond acceptors (Lipinski definition) is 2. The zero-order valence-electron chi connectivity index (χ0n) is 9.58. The number of carbonyl (C=O) groups is 1. The summed E-state index contributed by atoms with van der Waals surface area (Å²) in [4.78, 5) is 11.7. The number of anilines is 2. The van der Waals surface area contributed by atoms with Crippen LogP contribution in [0.4, 0.5) is 24.5 Å². The van der Waals surface area contributed by atoms with E-state index in [4.69, 9.17) is 5.73 Å². The van der Waals surface area contributed by atoms with Gasteiger partial charge in [0.05, 0.1) is 0 Å². The van der Waals surface area contributed by atoms with Gasteiger partial charge in [-0.1, -0.05) is 6.07 Å². The minimum atomic E-state index is -1.02. The van der Waals surface area contributed by atoms with E-state index in [0.717, 1.165) is 18.2 Å². The maximum atomic E-state index is 13.2. The molecular weight excluding hydrogens is 257 g/mol. The second kappa shape index (κ2) is 5.01. The van der Waals surface area contributed by atoms with E-state index in [0.29, 0.717) is 0 Å². The van der Waals surface area contributed by atoms with Gasteiger partial charge in [-0.25, -0.2) is 13.2 Å². The Kier molecular flexibility index (Phi) is 3.41. The number of nitrogens with one attached hydrogen (secondary N) is 1. The molecule has 6 heteroatoms. The molecule has 1 amide bonds. The summed E-state index contributed by atoms with van der Waals surface area (Å²) < 4.78 is 39.3. The molecule has 2 aromatic carbocycles. The van der Waals surface area contributed by atoms with Gasteiger partial charge in [-0.2, -0.15) is 0 Å². The number of amides is 1. The Balaban J connectivity index is 2.25. The number of halogens is 3. The van der Waals surface area contributed by atoms with E-state index in [1.807, 2.05) is 0 Å². The van der Waals surface area contributed by atoms with E-state index in [1.54, 1.807) is 0 Å². The number of carbonyl (C=O) groups excluding carboxylic acids is 1. The Morgan fingerprint density at radius 2 is 1.68 bits per heavy atom. The molecule has 0 atom stereocenters. The molecule has 0 unspecified atom stereocenters. The topological polar surface area (TPSA) is 55.1 Å². The van der Waals surface area contributed by atoms with E-state index in [1.165, 1.54) is 18.2 Å². The molecule has 0 heterocycles. The van der Waals surface area contributed by atoms with Gasteiger partial charge in [0, 0.05) is 11.3 Å². The Morgan fingerprint density at radius 1 is 1.05 bits per heavy atom. The average molecular weight is 266 g/mol. The van der Waals surface area contributed by atoms with Crippen LogP contribution in [-0.2, 0) is 0 Å². The highest BCUT2D eigenvalue weighted by Gasteiger charge is 2.13. The molecule has 19 heavy (non-hydrogen) atoms. The molecule has 98 valence electrons. The molecule has 3 nitrogen and oxygen atoms in total. The van der Waals surface area contributed by atoms with Gasteiger partial charge in [-0.15, -0.1) is 0 Å². The highest BCUT2D eigenvalue weighted by atomic mass is 19.1. The van der Waals surface area contributed by atoms with Gasteiger partial charge in [-0.3, -0.25) is 4.79 Å². The van der Waals surface area contributed by atoms with Crippen molar-refractivity contribution in [2.24, 2.45) is 0 Å². The van der Waals surface area contributed by atoms with Crippen molar-refractivity contribution in [3.63, 3.8) is 0 Å². The lowest BCUT2D eigenvalue weighted by Crippen LogP contribution is -2.13. The third-order valence-electron chi connectivity index (χ3n) is 2.42. The van der Waals surface area contributed by atoms with E-state index >= 15 is 0 Å². The summed E-state index contributed by atoms with van der Waals surface area (Å²) in [5.41, 5.74) is 4.38. The standard InChI is InChI=1S/C13H9F3N2O/c14-8-2-1-3-9(6-8)18-13(19)7-4-10(15)12(17)11(16)5-7/h1-6H,17H2,(H,18,19). The number of hydrogen-bond donors (Lipinski definition) is 2. The Bertz CT molecular complexity index is 621. The molecule has 0 aliphatic rings. The fourth-order valence-corrected chi connectivity index (χ4v) is 1.48. The minimum Gasteiger partial charge on any atom is -0.394 e. The van der Waals surface area contributed by atoms with Crippen LogP contribution in [0.3, 0.4) is 0 Å². The van der Waals surface area contributed by atoms with Crippen LogP contribution < -0.4 is 11.1 Å². The third-order valence-corrected chi connectivity index (χ3v) is 2.42. The van der Waals surface area contributed by atoms with Crippen molar-refractivity contribution in [1.29, 1.82) is 0 Å². The van der Waals surface area contributed by atoms with Crippen molar-refractivity contribution < 1.29 is 18.0 Å². The summed E-state index contributed by atoms with van der Waals surface area (Å²) in [6.07, 6.45) is 0. The molecule has 2 rings (SSSR count). The Morgan fingerprint density at radius 3 is 2.26 bits per heavy atom. The predicted octanol–water partition coefficient (Wildman–Crippen LogP) is 2.94. The lowest BCUT2D eigenvalue weighted by molar-refractivity contribution is 0.102. The van der Waals surface area contributed by atoms with Crippen molar-refractivity contribution in [2.75, 3.05) is 11.1 Å². The first-order valence-corrected chi connectivity index (χ1v) is 5.29. The first-order chi connectivity index (χ1) is 8.97. The highest BCUT2D eigenvalue weighted by Crippen LogP contribution is 2.18. The van der Waals surface area contributed by atoms with Crippen LogP contribution in [0.15, 0.2) is 36.4 Å². The summed E-state index contributed by atoms with van der Waals surface area (Å²) in [6.45, 7) is 0. The van der Waals surface area contributed by atoms with Gasteiger partial charge in [0.15, 0.2) is 0 Å². The quantitative estimate of drug-likeness (QED) is 0.821. The van der Waals surface area contributed by atoms with Crippen LogP contribution in [0, 0.1) is 17.5 Å². The van der Waals surface area contributed by atoms with Gasteiger partial charge in [-0.05, 0) is 30.3 Å². The first-order valence-electron chi connectivity index (χ1n) is 5.29. The maximum absolute atomic E-state index is 13.2. The third kappa shape index (κ3) is 2.85. The monoisotopic (exact) mass is 266 g/mol. The average Bonchev–Trinajstić information content (AvgIpc) is 2.35. The number of nitrogens with two attached hydrogens (primary N) is 1. The summed E-state index contributed by atoms with van der Waals surface area (Å²) >= 11 is 0. The molecule has 0 bridgehead atoms. The SMILES string of the molecule is Nc1c(F)cc(C(=O)Nc2cccc(F)c2)cc1F. The van der Waals surface area contributed by atoms with Crippen molar-refractivity contribution in [2.45, 2.75) is 0 Å². The molecule has 0 fully saturated rings. The Labute approximate surface area is 106 Å². The van der Waals surface area contributed by atoms with Crippen LogP contribution in [-0.4, -0.2) is 5.91 Å². The fourth-order valence-electron chi connectivity index (χ4n) is 1.48. The van der Waals surface area contributed by atoms with Crippen molar-refractivity contribution in [3.8, 4) is 0 Å². The predicted molar refractivity (Wildman–Crippen MR) is 65.1 cm³/mol. The molecule has 0 aliphatic heterocycles. The zero-order valence-corrected chi connectivity index (χ0v) is 9.58. The molecule has 0 aromatic heterocycles. The maximum Gasteiger partial charge on any atom is 0.255 e. The van der Waals surface area contributed by atoms with Crippen molar-refractivity contribution in [3.05, 3.63) is 59.4 Å². The molecule has 2 aromatic rings. The second-order valence-corrected chi connectivity index (χ2v) is 3.82. The summed E-state index contributed by atoms with van der Waals surface area (Å²) in [7, 11) is 0. The zero-order chi connectivity index (χ0) is 14.0. The van der Waals surface area contributed by atoms with Crippen LogP contribution >= 0.6 is 0 Å². The summed E-state index contributed by atoms with van der Waals surface area (Å²) in [5, 5.41) is 2.32. The Hall–Kier alpha value is -2.50. The first kappa shape index (κ1) is 12.9. The van der Waals surface area contributed by atoms with E-state index in [2.05, 4.69) is 5.32 Å². The van der Waals surface area contributed by atoms with Crippen LogP contribution in [0.25, 0.3) is 0 Å². The van der Waals surface area contributed by atoms with Gasteiger partial charge >= 0.3 is 0 Å². The summed E-state index contributed by atoms with van der Waals surface area (Å²) in [5.74, 6) is -3.34. The molecule has 0 radical (unpaired) electrons. The highest BCUT2D eigenvalue weighted by molar-refractivity contribution is 6.04. The second-order valence-electron chi connectivity index (χ2n) is 3.82.